The Bertz CT molecular complexity index is 776. The Labute approximate surface area is 133 Å². The molecule has 3 rings (SSSR count). The van der Waals surface area contributed by atoms with Gasteiger partial charge < -0.3 is 15.5 Å². The Morgan fingerprint density at radius 3 is 2.57 bits per heavy atom. The van der Waals surface area contributed by atoms with Crippen LogP contribution in [0.15, 0.2) is 42.5 Å². The Morgan fingerprint density at radius 2 is 1.83 bits per heavy atom. The first-order chi connectivity index (χ1) is 11.0. The third-order valence-electron chi connectivity index (χ3n) is 3.76. The monoisotopic (exact) mass is 313 g/mol. The number of benzene rings is 2. The molecule has 2 aromatic rings. The zero-order chi connectivity index (χ0) is 16.4. The van der Waals surface area contributed by atoms with E-state index in [0.29, 0.717) is 24.2 Å². The van der Waals surface area contributed by atoms with Crippen molar-refractivity contribution in [2.75, 3.05) is 22.6 Å². The maximum atomic E-state index is 13.1. The second-order valence-electron chi connectivity index (χ2n) is 5.39. The Kier molecular flexibility index (Phi) is 3.97. The van der Waals surface area contributed by atoms with Crippen LogP contribution in [0.2, 0.25) is 0 Å². The lowest BCUT2D eigenvalue weighted by Gasteiger charge is -2.26. The van der Waals surface area contributed by atoms with Crippen LogP contribution in [-0.4, -0.2) is 19.0 Å². The summed E-state index contributed by atoms with van der Waals surface area (Å²) in [7, 11) is 1.74. The van der Waals surface area contributed by atoms with E-state index in [-0.39, 0.29) is 5.91 Å². The zero-order valence-electron chi connectivity index (χ0n) is 12.6. The van der Waals surface area contributed by atoms with Crippen molar-refractivity contribution in [2.24, 2.45) is 0 Å². The summed E-state index contributed by atoms with van der Waals surface area (Å²) in [5, 5.41) is 5.28. The van der Waals surface area contributed by atoms with E-state index in [4.69, 9.17) is 0 Å². The fraction of sp³-hybridized carbons (Fsp3) is 0.176. The molecule has 0 radical (unpaired) electrons. The zero-order valence-corrected chi connectivity index (χ0v) is 12.6. The molecule has 0 bridgehead atoms. The highest BCUT2D eigenvalue weighted by Crippen LogP contribution is 2.29. The number of rotatable bonds is 2. The number of nitrogens with one attached hydrogen (secondary N) is 2. The van der Waals surface area contributed by atoms with Crippen LogP contribution < -0.4 is 15.5 Å². The molecule has 0 atom stereocenters. The molecule has 0 aliphatic carbocycles. The Morgan fingerprint density at radius 1 is 1.09 bits per heavy atom. The molecule has 0 saturated carbocycles. The van der Waals surface area contributed by atoms with Gasteiger partial charge in [0.2, 0.25) is 5.91 Å². The molecule has 0 fully saturated rings. The van der Waals surface area contributed by atoms with Gasteiger partial charge in [0, 0.05) is 30.5 Å². The van der Waals surface area contributed by atoms with E-state index < -0.39 is 11.8 Å². The summed E-state index contributed by atoms with van der Waals surface area (Å²) in [5.41, 5.74) is 2.87. The van der Waals surface area contributed by atoms with E-state index in [1.54, 1.807) is 24.1 Å². The van der Waals surface area contributed by atoms with E-state index in [9.17, 15) is 14.0 Å². The third kappa shape index (κ3) is 3.31. The molecule has 2 N–H and O–H groups in total. The second-order valence-corrected chi connectivity index (χ2v) is 5.39. The largest absolute Gasteiger partial charge is 0.323 e. The van der Waals surface area contributed by atoms with Crippen molar-refractivity contribution in [2.45, 2.75) is 12.8 Å². The van der Waals surface area contributed by atoms with Gasteiger partial charge in [0.05, 0.1) is 0 Å². The predicted molar refractivity (Wildman–Crippen MR) is 87.2 cm³/mol. The van der Waals surface area contributed by atoms with Gasteiger partial charge >= 0.3 is 6.03 Å². The molecule has 1 aliphatic heterocycles. The first kappa shape index (κ1) is 15.0. The number of amides is 3. The molecule has 0 unspecified atom stereocenters. The van der Waals surface area contributed by atoms with E-state index in [2.05, 4.69) is 10.6 Å². The van der Waals surface area contributed by atoms with Gasteiger partial charge in [-0.15, -0.1) is 0 Å². The summed E-state index contributed by atoms with van der Waals surface area (Å²) in [6, 6.07) is 10.6. The first-order valence-electron chi connectivity index (χ1n) is 7.26. The quantitative estimate of drug-likeness (QED) is 0.893. The van der Waals surface area contributed by atoms with Gasteiger partial charge in [-0.1, -0.05) is 6.07 Å². The predicted octanol–water partition coefficient (Wildman–Crippen LogP) is 3.38. The topological polar surface area (TPSA) is 61.4 Å². The minimum absolute atomic E-state index is 0.0852. The van der Waals surface area contributed by atoms with Crippen LogP contribution in [-0.2, 0) is 11.2 Å². The average Bonchev–Trinajstić information content (AvgIpc) is 2.51. The average molecular weight is 313 g/mol. The second kappa shape index (κ2) is 6.08. The van der Waals surface area contributed by atoms with Crippen molar-refractivity contribution >= 4 is 29.0 Å². The summed E-state index contributed by atoms with van der Waals surface area (Å²) in [4.78, 5) is 25.3. The first-order valence-corrected chi connectivity index (χ1v) is 7.26. The van der Waals surface area contributed by atoms with Gasteiger partial charge in [-0.05, 0) is 48.4 Å². The molecule has 1 heterocycles. The van der Waals surface area contributed by atoms with Gasteiger partial charge in [0.15, 0.2) is 0 Å². The summed E-state index contributed by atoms with van der Waals surface area (Å²) in [5.74, 6) is -0.327. The van der Waals surface area contributed by atoms with Gasteiger partial charge in [-0.25, -0.2) is 9.18 Å². The van der Waals surface area contributed by atoms with Crippen molar-refractivity contribution < 1.29 is 14.0 Å². The summed E-state index contributed by atoms with van der Waals surface area (Å²) >= 11 is 0. The molecule has 3 amide bonds. The number of anilines is 3. The van der Waals surface area contributed by atoms with Crippen molar-refractivity contribution in [1.82, 2.24) is 0 Å². The molecule has 6 heteroatoms. The SMILES string of the molecule is CN1C(=O)CCc2cc(NC(=O)Nc3cccc(F)c3)ccc21. The van der Waals surface area contributed by atoms with E-state index in [1.807, 2.05) is 12.1 Å². The molecule has 118 valence electrons. The molecule has 0 saturated heterocycles. The van der Waals surface area contributed by atoms with E-state index in [0.717, 1.165) is 11.3 Å². The van der Waals surface area contributed by atoms with Crippen molar-refractivity contribution in [3.8, 4) is 0 Å². The maximum Gasteiger partial charge on any atom is 0.323 e. The number of fused-ring (bicyclic) bond motifs is 1. The van der Waals surface area contributed by atoms with Gasteiger partial charge in [-0.2, -0.15) is 0 Å². The molecule has 5 nitrogen and oxygen atoms in total. The number of aryl methyl sites for hydroxylation is 1. The Balaban J connectivity index is 1.71. The molecule has 1 aliphatic rings. The van der Waals surface area contributed by atoms with Crippen molar-refractivity contribution in [3.63, 3.8) is 0 Å². The van der Waals surface area contributed by atoms with Crippen LogP contribution >= 0.6 is 0 Å². The molecular formula is C17H16FN3O2. The summed E-state index contributed by atoms with van der Waals surface area (Å²) < 4.78 is 13.1. The minimum atomic E-state index is -0.448. The number of urea groups is 1. The molecule has 23 heavy (non-hydrogen) atoms. The molecule has 2 aromatic carbocycles. The molecule has 0 spiro atoms. The highest BCUT2D eigenvalue weighted by Gasteiger charge is 2.20. The van der Waals surface area contributed by atoms with Crippen LogP contribution in [0.4, 0.5) is 26.2 Å². The standard InChI is InChI=1S/C17H16FN3O2/c1-21-15-7-6-14(9-11(15)5-8-16(21)22)20-17(23)19-13-4-2-3-12(18)10-13/h2-4,6-7,9-10H,5,8H2,1H3,(H2,19,20,23). The highest BCUT2D eigenvalue weighted by atomic mass is 19.1. The van der Waals surface area contributed by atoms with Crippen LogP contribution in [0.25, 0.3) is 0 Å². The van der Waals surface area contributed by atoms with Gasteiger partial charge in [0.1, 0.15) is 5.82 Å². The molecule has 0 aromatic heterocycles. The van der Waals surface area contributed by atoms with Crippen LogP contribution in [0, 0.1) is 5.82 Å². The number of carbonyl (C=O) groups is 2. The lowest BCUT2D eigenvalue weighted by molar-refractivity contribution is -0.118. The fourth-order valence-corrected chi connectivity index (χ4v) is 2.59. The van der Waals surface area contributed by atoms with Crippen LogP contribution in [0.5, 0.6) is 0 Å². The number of carbonyl (C=O) groups excluding carboxylic acids is 2. The normalized spacial score (nSPS) is 13.5. The third-order valence-corrected chi connectivity index (χ3v) is 3.76. The van der Waals surface area contributed by atoms with Crippen LogP contribution in [0.3, 0.4) is 0 Å². The highest BCUT2D eigenvalue weighted by molar-refractivity contribution is 6.01. The smallest absolute Gasteiger partial charge is 0.315 e. The number of hydrogen-bond donors (Lipinski definition) is 2. The number of nitrogens with zero attached hydrogens (tertiary/aromatic N) is 1. The van der Waals surface area contributed by atoms with Gasteiger partial charge in [-0.3, -0.25) is 4.79 Å². The summed E-state index contributed by atoms with van der Waals surface area (Å²) in [6.45, 7) is 0. The van der Waals surface area contributed by atoms with Gasteiger partial charge in [0.25, 0.3) is 0 Å². The molecular weight excluding hydrogens is 297 g/mol. The van der Waals surface area contributed by atoms with E-state index in [1.165, 1.54) is 18.2 Å². The fourth-order valence-electron chi connectivity index (χ4n) is 2.59. The maximum absolute atomic E-state index is 13.1. The van der Waals surface area contributed by atoms with Crippen LogP contribution in [0.1, 0.15) is 12.0 Å². The lowest BCUT2D eigenvalue weighted by atomic mass is 10.0. The Hall–Kier alpha value is -2.89. The van der Waals surface area contributed by atoms with E-state index >= 15 is 0 Å². The van der Waals surface area contributed by atoms with Crippen molar-refractivity contribution in [3.05, 3.63) is 53.8 Å². The minimum Gasteiger partial charge on any atom is -0.315 e. The van der Waals surface area contributed by atoms with Crippen molar-refractivity contribution in [1.29, 1.82) is 0 Å². The number of halogens is 1. The summed E-state index contributed by atoms with van der Waals surface area (Å²) in [6.07, 6.45) is 1.11. The lowest BCUT2D eigenvalue weighted by Crippen LogP contribution is -2.31. The number of hydrogen-bond acceptors (Lipinski definition) is 2.